The van der Waals surface area contributed by atoms with Crippen molar-refractivity contribution < 1.29 is 26.4 Å². The molecule has 0 unspecified atom stereocenters. The predicted octanol–water partition coefficient (Wildman–Crippen LogP) is 4.34. The Morgan fingerprint density at radius 3 is 2.50 bits per heavy atom. The number of halogens is 3. The maximum Gasteiger partial charge on any atom is 0.405 e. The number of hydrogen-bond acceptors (Lipinski definition) is 4. The number of hydrogen-bond donors (Lipinski definition) is 3. The molecule has 1 atom stereocenters. The molecule has 3 aromatic rings. The molecule has 38 heavy (non-hydrogen) atoms. The van der Waals surface area contributed by atoms with E-state index in [0.717, 1.165) is 22.2 Å². The third-order valence-electron chi connectivity index (χ3n) is 7.62. The van der Waals surface area contributed by atoms with Gasteiger partial charge in [0.1, 0.15) is 6.04 Å². The molecule has 1 aliphatic carbocycles. The van der Waals surface area contributed by atoms with E-state index in [4.69, 9.17) is 0 Å². The van der Waals surface area contributed by atoms with Crippen molar-refractivity contribution in [3.8, 4) is 11.3 Å². The van der Waals surface area contributed by atoms with Gasteiger partial charge in [-0.25, -0.2) is 13.1 Å². The van der Waals surface area contributed by atoms with E-state index >= 15 is 0 Å². The van der Waals surface area contributed by atoms with Crippen LogP contribution in [0.5, 0.6) is 0 Å². The van der Waals surface area contributed by atoms with Crippen LogP contribution >= 0.6 is 0 Å². The number of aryl methyl sites for hydroxylation is 1. The molecule has 0 spiro atoms. The Kier molecular flexibility index (Phi) is 7.27. The summed E-state index contributed by atoms with van der Waals surface area (Å²) in [5, 5.41) is 3.32. The Hall–Kier alpha value is -2.89. The summed E-state index contributed by atoms with van der Waals surface area (Å²) in [6, 6.07) is 12.9. The van der Waals surface area contributed by atoms with E-state index in [1.807, 2.05) is 37.3 Å². The molecule has 0 bridgehead atoms. The largest absolute Gasteiger partial charge is 0.405 e. The summed E-state index contributed by atoms with van der Waals surface area (Å²) < 4.78 is 68.3. The van der Waals surface area contributed by atoms with E-state index in [-0.39, 0.29) is 36.5 Å². The van der Waals surface area contributed by atoms with Gasteiger partial charge in [-0.1, -0.05) is 30.3 Å². The van der Waals surface area contributed by atoms with Gasteiger partial charge in [0, 0.05) is 53.8 Å². The summed E-state index contributed by atoms with van der Waals surface area (Å²) in [4.78, 5) is 17.6. The van der Waals surface area contributed by atoms with Crippen molar-refractivity contribution in [3.05, 3.63) is 54.1 Å². The molecule has 3 N–H and O–H groups in total. The standard InChI is InChI=1S/C27H31F3N4O3S/c1-17-4-2-3-5-22(17)24-14-19-8-11-21(15-23(19)32-24)38(36,37)33-20-9-6-18(7-10-20)26(35)34-13-12-31-25(16-34)27(28,29)30/h2-5,8,11,14-15,18,20,25,31-33H,6-7,9-10,12-13,16H2,1H3/t18-,20-,25-/m1/s1. The van der Waals surface area contributed by atoms with Crippen molar-refractivity contribution in [1.29, 1.82) is 0 Å². The highest BCUT2D eigenvalue weighted by atomic mass is 32.2. The first kappa shape index (κ1) is 26.7. The molecule has 1 aromatic heterocycles. The zero-order valence-electron chi connectivity index (χ0n) is 21.0. The van der Waals surface area contributed by atoms with E-state index in [2.05, 4.69) is 15.0 Å². The van der Waals surface area contributed by atoms with Crippen LogP contribution in [-0.2, 0) is 14.8 Å². The molecule has 2 fully saturated rings. The molecule has 11 heteroatoms. The fourth-order valence-corrected chi connectivity index (χ4v) is 6.80. The molecule has 1 saturated heterocycles. The Morgan fingerprint density at radius 2 is 1.79 bits per heavy atom. The van der Waals surface area contributed by atoms with E-state index < -0.39 is 28.2 Å². The number of rotatable bonds is 5. The second kappa shape index (κ2) is 10.3. The van der Waals surface area contributed by atoms with Crippen LogP contribution < -0.4 is 10.0 Å². The lowest BCUT2D eigenvalue weighted by Gasteiger charge is -2.38. The summed E-state index contributed by atoms with van der Waals surface area (Å²) in [5.74, 6) is -0.665. The summed E-state index contributed by atoms with van der Waals surface area (Å²) in [7, 11) is -3.80. The van der Waals surface area contributed by atoms with Crippen molar-refractivity contribution in [1.82, 2.24) is 19.9 Å². The van der Waals surface area contributed by atoms with Gasteiger partial charge in [-0.2, -0.15) is 13.2 Å². The lowest BCUT2D eigenvalue weighted by atomic mass is 9.85. The highest BCUT2D eigenvalue weighted by Gasteiger charge is 2.43. The topological polar surface area (TPSA) is 94.3 Å². The average Bonchev–Trinajstić information content (AvgIpc) is 3.32. The molecular weight excluding hydrogens is 517 g/mol. The van der Waals surface area contributed by atoms with Crippen molar-refractivity contribution in [2.75, 3.05) is 19.6 Å². The number of nitrogens with zero attached hydrogens (tertiary/aromatic N) is 1. The maximum absolute atomic E-state index is 13.2. The minimum atomic E-state index is -4.40. The van der Waals surface area contributed by atoms with Gasteiger partial charge in [0.2, 0.25) is 15.9 Å². The van der Waals surface area contributed by atoms with Crippen LogP contribution in [-0.4, -0.2) is 62.1 Å². The second-order valence-electron chi connectivity index (χ2n) is 10.2. The summed E-state index contributed by atoms with van der Waals surface area (Å²) in [5.41, 5.74) is 3.79. The van der Waals surface area contributed by atoms with Gasteiger partial charge in [-0.3, -0.25) is 4.79 Å². The van der Waals surface area contributed by atoms with Gasteiger partial charge in [0.05, 0.1) is 4.90 Å². The van der Waals surface area contributed by atoms with E-state index in [1.165, 1.54) is 4.90 Å². The van der Waals surface area contributed by atoms with Crippen LogP contribution in [0.2, 0.25) is 0 Å². The van der Waals surface area contributed by atoms with Gasteiger partial charge in [-0.05, 0) is 56.4 Å². The lowest BCUT2D eigenvalue weighted by molar-refractivity contribution is -0.169. The maximum atomic E-state index is 13.2. The highest BCUT2D eigenvalue weighted by molar-refractivity contribution is 7.89. The zero-order valence-corrected chi connectivity index (χ0v) is 21.8. The molecule has 2 aromatic carbocycles. The van der Waals surface area contributed by atoms with Crippen molar-refractivity contribution in [2.45, 2.75) is 55.8 Å². The van der Waals surface area contributed by atoms with Gasteiger partial charge >= 0.3 is 6.18 Å². The molecule has 2 heterocycles. The quantitative estimate of drug-likeness (QED) is 0.442. The highest BCUT2D eigenvalue weighted by Crippen LogP contribution is 2.31. The number of alkyl halides is 3. The first-order valence-corrected chi connectivity index (χ1v) is 14.3. The molecule has 204 valence electrons. The van der Waals surface area contributed by atoms with Gasteiger partial charge in [0.25, 0.3) is 0 Å². The number of aromatic amines is 1. The summed E-state index contributed by atoms with van der Waals surface area (Å²) in [6.45, 7) is 1.97. The molecular formula is C27H31F3N4O3S. The number of piperazine rings is 1. The van der Waals surface area contributed by atoms with Crippen LogP contribution in [0.4, 0.5) is 13.2 Å². The van der Waals surface area contributed by atoms with Crippen LogP contribution in [0.1, 0.15) is 31.2 Å². The van der Waals surface area contributed by atoms with Gasteiger partial charge in [-0.15, -0.1) is 0 Å². The number of benzene rings is 2. The first-order valence-electron chi connectivity index (χ1n) is 12.8. The number of sulfonamides is 1. The predicted molar refractivity (Wildman–Crippen MR) is 139 cm³/mol. The second-order valence-corrected chi connectivity index (χ2v) is 12.0. The van der Waals surface area contributed by atoms with E-state index in [1.54, 1.807) is 18.2 Å². The lowest BCUT2D eigenvalue weighted by Crippen LogP contribution is -2.59. The molecule has 1 saturated carbocycles. The molecule has 2 aliphatic rings. The number of carbonyl (C=O) groups excluding carboxylic acids is 1. The van der Waals surface area contributed by atoms with E-state index in [9.17, 15) is 26.4 Å². The molecule has 0 radical (unpaired) electrons. The van der Waals surface area contributed by atoms with Crippen LogP contribution in [0.3, 0.4) is 0 Å². The first-order chi connectivity index (χ1) is 18.0. The Bertz CT molecular complexity index is 1430. The van der Waals surface area contributed by atoms with E-state index in [0.29, 0.717) is 31.2 Å². The van der Waals surface area contributed by atoms with Crippen LogP contribution in [0, 0.1) is 12.8 Å². The monoisotopic (exact) mass is 548 g/mol. The molecule has 7 nitrogen and oxygen atoms in total. The van der Waals surface area contributed by atoms with Crippen molar-refractivity contribution in [2.24, 2.45) is 5.92 Å². The number of H-pyrrole nitrogens is 1. The number of aromatic nitrogens is 1. The molecule has 1 aliphatic heterocycles. The van der Waals surface area contributed by atoms with Crippen molar-refractivity contribution in [3.63, 3.8) is 0 Å². The minimum Gasteiger partial charge on any atom is -0.354 e. The van der Waals surface area contributed by atoms with Crippen molar-refractivity contribution >= 4 is 26.8 Å². The van der Waals surface area contributed by atoms with Gasteiger partial charge in [0.15, 0.2) is 0 Å². The number of nitrogens with one attached hydrogen (secondary N) is 3. The Balaban J connectivity index is 1.21. The fourth-order valence-electron chi connectivity index (χ4n) is 5.47. The number of fused-ring (bicyclic) bond motifs is 1. The number of carbonyl (C=O) groups is 1. The number of amides is 1. The SMILES string of the molecule is Cc1ccccc1-c1cc2ccc(S(=O)(=O)N[C@H]3CC[C@H](C(=O)N4CCN[C@@H](C(F)(F)F)C4)CC3)cc2[nH]1. The fraction of sp³-hybridized carbons (Fsp3) is 0.444. The third-order valence-corrected chi connectivity index (χ3v) is 9.14. The van der Waals surface area contributed by atoms with Crippen LogP contribution in [0.25, 0.3) is 22.2 Å². The molecule has 5 rings (SSSR count). The van der Waals surface area contributed by atoms with Crippen LogP contribution in [0.15, 0.2) is 53.4 Å². The Labute approximate surface area is 219 Å². The molecule has 1 amide bonds. The summed E-state index contributed by atoms with van der Waals surface area (Å²) >= 11 is 0. The normalized spacial score (nSPS) is 23.1. The van der Waals surface area contributed by atoms with Gasteiger partial charge < -0.3 is 15.2 Å². The average molecular weight is 549 g/mol. The third kappa shape index (κ3) is 5.60. The zero-order chi connectivity index (χ0) is 27.1. The smallest absolute Gasteiger partial charge is 0.354 e. The summed E-state index contributed by atoms with van der Waals surface area (Å²) in [6.07, 6.45) is -2.64. The Morgan fingerprint density at radius 1 is 1.05 bits per heavy atom. The minimum absolute atomic E-state index is 0.0999.